The lowest BCUT2D eigenvalue weighted by atomic mass is 9.74. The number of hydrogen-bond donors (Lipinski definition) is 1. The van der Waals surface area contributed by atoms with E-state index in [1.54, 1.807) is 0 Å². The van der Waals surface area contributed by atoms with Crippen molar-refractivity contribution in [3.8, 4) is 0 Å². The van der Waals surface area contributed by atoms with Crippen LogP contribution in [0.4, 0.5) is 0 Å². The largest absolute Gasteiger partial charge is 0.381 e. The molecule has 15 heavy (non-hydrogen) atoms. The normalized spacial score (nSPS) is 26.5. The van der Waals surface area contributed by atoms with Gasteiger partial charge in [-0.15, -0.1) is 0 Å². The van der Waals surface area contributed by atoms with Crippen LogP contribution in [0.2, 0.25) is 0 Å². The van der Waals surface area contributed by atoms with Gasteiger partial charge in [-0.05, 0) is 31.4 Å². The Morgan fingerprint density at radius 3 is 2.67 bits per heavy atom. The van der Waals surface area contributed by atoms with Crippen molar-refractivity contribution in [2.24, 2.45) is 5.73 Å². The van der Waals surface area contributed by atoms with E-state index in [0.717, 1.165) is 32.6 Å². The lowest BCUT2D eigenvalue weighted by Crippen LogP contribution is -2.38. The van der Waals surface area contributed by atoms with Crippen molar-refractivity contribution in [2.45, 2.75) is 24.7 Å². The molecule has 0 saturated carbocycles. The maximum absolute atomic E-state index is 5.73. The van der Waals surface area contributed by atoms with Gasteiger partial charge < -0.3 is 10.5 Å². The summed E-state index contributed by atoms with van der Waals surface area (Å²) in [6.07, 6.45) is 3.38. The lowest BCUT2D eigenvalue weighted by molar-refractivity contribution is 0.0312. The van der Waals surface area contributed by atoms with Gasteiger partial charge in [0.25, 0.3) is 0 Å². The Morgan fingerprint density at radius 1 is 1.27 bits per heavy atom. The predicted octanol–water partition coefficient (Wildman–Crippen LogP) is 2.08. The average Bonchev–Trinajstić information content (AvgIpc) is 2.32. The van der Waals surface area contributed by atoms with Crippen LogP contribution in [-0.4, -0.2) is 19.8 Å². The third-order valence-electron chi connectivity index (χ3n) is 3.33. The summed E-state index contributed by atoms with van der Waals surface area (Å²) in [6, 6.07) is 10.7. The molecule has 1 aromatic rings. The maximum Gasteiger partial charge on any atom is 0.0563 e. The fourth-order valence-electron chi connectivity index (χ4n) is 2.49. The van der Waals surface area contributed by atoms with Crippen LogP contribution in [0.25, 0.3) is 0 Å². The minimum Gasteiger partial charge on any atom is -0.381 e. The molecular weight excluding hydrogens is 186 g/mol. The minimum atomic E-state index is 0.175. The van der Waals surface area contributed by atoms with E-state index in [2.05, 4.69) is 30.3 Å². The van der Waals surface area contributed by atoms with Crippen LogP contribution in [0, 0.1) is 0 Å². The standard InChI is InChI=1S/C13H19NO/c14-9-8-13(7-4-10-15-11-13)12-5-2-1-3-6-12/h1-3,5-6H,4,7-11,14H2. The Labute approximate surface area is 91.4 Å². The monoisotopic (exact) mass is 205 g/mol. The number of hydrogen-bond acceptors (Lipinski definition) is 2. The Balaban J connectivity index is 2.25. The highest BCUT2D eigenvalue weighted by atomic mass is 16.5. The van der Waals surface area contributed by atoms with Gasteiger partial charge in [-0.2, -0.15) is 0 Å². The molecule has 2 N–H and O–H groups in total. The summed E-state index contributed by atoms with van der Waals surface area (Å²) in [6.45, 7) is 2.46. The second-order valence-corrected chi connectivity index (χ2v) is 4.34. The number of benzene rings is 1. The SMILES string of the molecule is NCCC1(c2ccccc2)CCCOC1. The van der Waals surface area contributed by atoms with Gasteiger partial charge in [0.05, 0.1) is 6.61 Å². The van der Waals surface area contributed by atoms with Crippen LogP contribution in [0.1, 0.15) is 24.8 Å². The van der Waals surface area contributed by atoms with Crippen LogP contribution < -0.4 is 5.73 Å². The fourth-order valence-corrected chi connectivity index (χ4v) is 2.49. The molecule has 1 aliphatic heterocycles. The van der Waals surface area contributed by atoms with Crippen molar-refractivity contribution in [2.75, 3.05) is 19.8 Å². The smallest absolute Gasteiger partial charge is 0.0563 e. The summed E-state index contributed by atoms with van der Waals surface area (Å²) in [5.41, 5.74) is 7.29. The number of ether oxygens (including phenoxy) is 1. The molecule has 0 radical (unpaired) electrons. The van der Waals surface area contributed by atoms with Crippen LogP contribution in [0.5, 0.6) is 0 Å². The molecule has 0 aromatic heterocycles. The highest BCUT2D eigenvalue weighted by Crippen LogP contribution is 2.35. The molecule has 82 valence electrons. The molecular formula is C13H19NO. The van der Waals surface area contributed by atoms with E-state index in [-0.39, 0.29) is 5.41 Å². The van der Waals surface area contributed by atoms with E-state index in [4.69, 9.17) is 10.5 Å². The van der Waals surface area contributed by atoms with E-state index in [1.807, 2.05) is 0 Å². The molecule has 1 heterocycles. The summed E-state index contributed by atoms with van der Waals surface area (Å²) in [4.78, 5) is 0. The zero-order valence-corrected chi connectivity index (χ0v) is 9.11. The topological polar surface area (TPSA) is 35.2 Å². The highest BCUT2D eigenvalue weighted by molar-refractivity contribution is 5.26. The van der Waals surface area contributed by atoms with E-state index < -0.39 is 0 Å². The molecule has 2 nitrogen and oxygen atoms in total. The second-order valence-electron chi connectivity index (χ2n) is 4.34. The molecule has 0 aliphatic carbocycles. The highest BCUT2D eigenvalue weighted by Gasteiger charge is 2.33. The van der Waals surface area contributed by atoms with E-state index in [0.29, 0.717) is 0 Å². The Hall–Kier alpha value is -0.860. The van der Waals surface area contributed by atoms with Crippen LogP contribution >= 0.6 is 0 Å². The first-order valence-corrected chi connectivity index (χ1v) is 5.71. The van der Waals surface area contributed by atoms with Crippen LogP contribution in [-0.2, 0) is 10.2 Å². The lowest BCUT2D eigenvalue weighted by Gasteiger charge is -2.37. The second kappa shape index (κ2) is 4.77. The summed E-state index contributed by atoms with van der Waals surface area (Å²) in [5.74, 6) is 0. The van der Waals surface area contributed by atoms with Crippen LogP contribution in [0.15, 0.2) is 30.3 Å². The third-order valence-corrected chi connectivity index (χ3v) is 3.33. The molecule has 1 aromatic carbocycles. The zero-order valence-electron chi connectivity index (χ0n) is 9.11. The van der Waals surface area contributed by atoms with Crippen molar-refractivity contribution >= 4 is 0 Å². The first kappa shape index (κ1) is 10.7. The van der Waals surface area contributed by atoms with Crippen molar-refractivity contribution in [1.29, 1.82) is 0 Å². The molecule has 0 amide bonds. The summed E-state index contributed by atoms with van der Waals surface area (Å²) in [7, 11) is 0. The molecule has 1 aliphatic rings. The first-order chi connectivity index (χ1) is 7.37. The van der Waals surface area contributed by atoms with Gasteiger partial charge in [0.1, 0.15) is 0 Å². The van der Waals surface area contributed by atoms with Gasteiger partial charge in [-0.1, -0.05) is 30.3 Å². The number of rotatable bonds is 3. The van der Waals surface area contributed by atoms with Crippen molar-refractivity contribution in [3.63, 3.8) is 0 Å². The van der Waals surface area contributed by atoms with Gasteiger partial charge in [0, 0.05) is 12.0 Å². The third kappa shape index (κ3) is 2.21. The van der Waals surface area contributed by atoms with E-state index in [1.165, 1.54) is 12.0 Å². The Morgan fingerprint density at radius 2 is 2.07 bits per heavy atom. The minimum absolute atomic E-state index is 0.175. The number of nitrogens with two attached hydrogens (primary N) is 1. The van der Waals surface area contributed by atoms with E-state index in [9.17, 15) is 0 Å². The summed E-state index contributed by atoms with van der Waals surface area (Å²) in [5, 5.41) is 0. The van der Waals surface area contributed by atoms with Gasteiger partial charge >= 0.3 is 0 Å². The first-order valence-electron chi connectivity index (χ1n) is 5.71. The molecule has 1 fully saturated rings. The predicted molar refractivity (Wildman–Crippen MR) is 61.8 cm³/mol. The fraction of sp³-hybridized carbons (Fsp3) is 0.538. The Kier molecular flexibility index (Phi) is 3.39. The molecule has 0 bridgehead atoms. The maximum atomic E-state index is 5.73. The molecule has 1 unspecified atom stereocenters. The van der Waals surface area contributed by atoms with Gasteiger partial charge in [0.15, 0.2) is 0 Å². The van der Waals surface area contributed by atoms with Gasteiger partial charge in [-0.3, -0.25) is 0 Å². The summed E-state index contributed by atoms with van der Waals surface area (Å²) < 4.78 is 5.64. The average molecular weight is 205 g/mol. The van der Waals surface area contributed by atoms with Crippen molar-refractivity contribution in [1.82, 2.24) is 0 Å². The quantitative estimate of drug-likeness (QED) is 0.820. The molecule has 1 saturated heterocycles. The van der Waals surface area contributed by atoms with Crippen LogP contribution in [0.3, 0.4) is 0 Å². The van der Waals surface area contributed by atoms with Crippen molar-refractivity contribution < 1.29 is 4.74 Å². The van der Waals surface area contributed by atoms with Gasteiger partial charge in [-0.25, -0.2) is 0 Å². The molecule has 2 heteroatoms. The zero-order chi connectivity index (χ0) is 10.6. The van der Waals surface area contributed by atoms with Crippen molar-refractivity contribution in [3.05, 3.63) is 35.9 Å². The molecule has 1 atom stereocenters. The summed E-state index contributed by atoms with van der Waals surface area (Å²) >= 11 is 0. The molecule has 0 spiro atoms. The van der Waals surface area contributed by atoms with E-state index >= 15 is 0 Å². The molecule has 2 rings (SSSR count). The Bertz CT molecular complexity index is 285. The van der Waals surface area contributed by atoms with Gasteiger partial charge in [0.2, 0.25) is 0 Å².